The zero-order valence-electron chi connectivity index (χ0n) is 15.2. The first-order valence-corrected chi connectivity index (χ1v) is 9.03. The number of hydrogen-bond acceptors (Lipinski definition) is 7. The van der Waals surface area contributed by atoms with Gasteiger partial charge in [-0.1, -0.05) is 12.1 Å². The van der Waals surface area contributed by atoms with E-state index in [2.05, 4.69) is 25.2 Å². The number of benzene rings is 1. The van der Waals surface area contributed by atoms with Crippen molar-refractivity contribution in [3.63, 3.8) is 0 Å². The van der Waals surface area contributed by atoms with E-state index in [1.54, 1.807) is 30.7 Å². The van der Waals surface area contributed by atoms with Crippen molar-refractivity contribution in [3.8, 4) is 11.6 Å². The van der Waals surface area contributed by atoms with Gasteiger partial charge in [-0.05, 0) is 17.7 Å². The standard InChI is InChI=1S/C20H20FN5O2/c21-16-2-1-3-17(10-16)28-20-5-4-15(13-23-20)12-22-18-11-19(25-14-24-18)26-6-8-27-9-7-26/h1-5,10-11,13-14H,6-9,12H2,(H,22,24,25). The molecule has 1 saturated heterocycles. The van der Waals surface area contributed by atoms with Crippen LogP contribution in [0.25, 0.3) is 0 Å². The monoisotopic (exact) mass is 381 g/mol. The van der Waals surface area contributed by atoms with Crippen LogP contribution in [0.2, 0.25) is 0 Å². The first-order chi connectivity index (χ1) is 13.8. The van der Waals surface area contributed by atoms with Crippen LogP contribution >= 0.6 is 0 Å². The maximum absolute atomic E-state index is 13.2. The number of aromatic nitrogens is 3. The van der Waals surface area contributed by atoms with Crippen LogP contribution < -0.4 is 15.0 Å². The van der Waals surface area contributed by atoms with Crippen LogP contribution in [0.4, 0.5) is 16.0 Å². The normalized spacial score (nSPS) is 14.0. The van der Waals surface area contributed by atoms with Gasteiger partial charge in [-0.2, -0.15) is 0 Å². The fourth-order valence-corrected chi connectivity index (χ4v) is 2.83. The lowest BCUT2D eigenvalue weighted by Gasteiger charge is -2.27. The van der Waals surface area contributed by atoms with Crippen molar-refractivity contribution in [2.45, 2.75) is 6.54 Å². The van der Waals surface area contributed by atoms with Gasteiger partial charge in [0.1, 0.15) is 29.5 Å². The first kappa shape index (κ1) is 18.1. The van der Waals surface area contributed by atoms with E-state index >= 15 is 0 Å². The molecule has 1 aliphatic rings. The zero-order chi connectivity index (χ0) is 19.2. The van der Waals surface area contributed by atoms with E-state index in [0.717, 1.165) is 30.3 Å². The third kappa shape index (κ3) is 4.72. The Kier molecular flexibility index (Phi) is 5.58. The van der Waals surface area contributed by atoms with Gasteiger partial charge >= 0.3 is 0 Å². The summed E-state index contributed by atoms with van der Waals surface area (Å²) in [4.78, 5) is 15.1. The van der Waals surface area contributed by atoms with Crippen molar-refractivity contribution >= 4 is 11.6 Å². The van der Waals surface area contributed by atoms with Crippen LogP contribution in [0.3, 0.4) is 0 Å². The smallest absolute Gasteiger partial charge is 0.219 e. The highest BCUT2D eigenvalue weighted by Crippen LogP contribution is 2.20. The second-order valence-electron chi connectivity index (χ2n) is 6.28. The summed E-state index contributed by atoms with van der Waals surface area (Å²) in [5, 5.41) is 3.28. The summed E-state index contributed by atoms with van der Waals surface area (Å²) < 4.78 is 24.1. The highest BCUT2D eigenvalue weighted by molar-refractivity contribution is 5.48. The van der Waals surface area contributed by atoms with E-state index in [9.17, 15) is 4.39 Å². The maximum Gasteiger partial charge on any atom is 0.219 e. The molecule has 0 bridgehead atoms. The Balaban J connectivity index is 1.35. The number of ether oxygens (including phenoxy) is 2. The lowest BCUT2D eigenvalue weighted by molar-refractivity contribution is 0.122. The summed E-state index contributed by atoms with van der Waals surface area (Å²) in [6, 6.07) is 11.5. The molecule has 28 heavy (non-hydrogen) atoms. The number of rotatable bonds is 6. The highest BCUT2D eigenvalue weighted by atomic mass is 19.1. The molecule has 1 N–H and O–H groups in total. The van der Waals surface area contributed by atoms with Gasteiger partial charge in [0.25, 0.3) is 0 Å². The number of nitrogens with one attached hydrogen (secondary N) is 1. The topological polar surface area (TPSA) is 72.4 Å². The maximum atomic E-state index is 13.2. The van der Waals surface area contributed by atoms with E-state index in [-0.39, 0.29) is 5.82 Å². The molecule has 4 rings (SSSR count). The van der Waals surface area contributed by atoms with Crippen LogP contribution in [0.5, 0.6) is 11.6 Å². The summed E-state index contributed by atoms with van der Waals surface area (Å²) in [7, 11) is 0. The Morgan fingerprint density at radius 3 is 2.75 bits per heavy atom. The largest absolute Gasteiger partial charge is 0.439 e. The Hall–Kier alpha value is -3.26. The first-order valence-electron chi connectivity index (χ1n) is 9.03. The van der Waals surface area contributed by atoms with Crippen LogP contribution in [-0.2, 0) is 11.3 Å². The molecule has 0 saturated carbocycles. The van der Waals surface area contributed by atoms with Gasteiger partial charge in [0.2, 0.25) is 5.88 Å². The summed E-state index contributed by atoms with van der Waals surface area (Å²) >= 11 is 0. The molecule has 0 atom stereocenters. The lowest BCUT2D eigenvalue weighted by Crippen LogP contribution is -2.36. The van der Waals surface area contributed by atoms with Crippen molar-refractivity contribution in [3.05, 3.63) is 66.4 Å². The Labute approximate surface area is 162 Å². The fourth-order valence-electron chi connectivity index (χ4n) is 2.83. The van der Waals surface area contributed by atoms with Gasteiger partial charge < -0.3 is 19.7 Å². The summed E-state index contributed by atoms with van der Waals surface area (Å²) in [5.74, 6) is 2.11. The minimum Gasteiger partial charge on any atom is -0.439 e. The summed E-state index contributed by atoms with van der Waals surface area (Å²) in [6.45, 7) is 3.64. The van der Waals surface area contributed by atoms with Gasteiger partial charge in [0.15, 0.2) is 0 Å². The Bertz CT molecular complexity index is 916. The summed E-state index contributed by atoms with van der Waals surface area (Å²) in [5.41, 5.74) is 0.970. The van der Waals surface area contributed by atoms with Gasteiger partial charge in [-0.15, -0.1) is 0 Å². The van der Waals surface area contributed by atoms with E-state index in [0.29, 0.717) is 31.4 Å². The Morgan fingerprint density at radius 1 is 1.07 bits per heavy atom. The molecule has 3 aromatic rings. The van der Waals surface area contributed by atoms with Gasteiger partial charge in [0, 0.05) is 44.0 Å². The third-order valence-electron chi connectivity index (χ3n) is 4.28. The van der Waals surface area contributed by atoms with Crippen molar-refractivity contribution in [2.75, 3.05) is 36.5 Å². The lowest BCUT2D eigenvalue weighted by atomic mass is 10.3. The van der Waals surface area contributed by atoms with Gasteiger partial charge in [-0.3, -0.25) is 0 Å². The number of morpholine rings is 1. The molecule has 0 spiro atoms. The van der Waals surface area contributed by atoms with E-state index in [4.69, 9.17) is 9.47 Å². The van der Waals surface area contributed by atoms with E-state index in [1.807, 2.05) is 12.1 Å². The molecule has 0 aliphatic carbocycles. The average Bonchev–Trinajstić information content (AvgIpc) is 2.74. The zero-order valence-corrected chi connectivity index (χ0v) is 15.2. The molecule has 3 heterocycles. The predicted molar refractivity (Wildman–Crippen MR) is 103 cm³/mol. The minimum absolute atomic E-state index is 0.348. The van der Waals surface area contributed by atoms with Crippen molar-refractivity contribution < 1.29 is 13.9 Å². The van der Waals surface area contributed by atoms with Crippen molar-refractivity contribution in [1.82, 2.24) is 15.0 Å². The summed E-state index contributed by atoms with van der Waals surface area (Å²) in [6.07, 6.45) is 3.27. The third-order valence-corrected chi connectivity index (χ3v) is 4.28. The molecule has 1 aromatic carbocycles. The van der Waals surface area contributed by atoms with Gasteiger partial charge in [-0.25, -0.2) is 19.3 Å². The molecule has 2 aromatic heterocycles. The molecule has 8 heteroatoms. The second-order valence-corrected chi connectivity index (χ2v) is 6.28. The number of pyridine rings is 1. The van der Waals surface area contributed by atoms with Crippen LogP contribution in [-0.4, -0.2) is 41.3 Å². The molecule has 0 radical (unpaired) electrons. The quantitative estimate of drug-likeness (QED) is 0.703. The average molecular weight is 381 g/mol. The van der Waals surface area contributed by atoms with E-state index in [1.165, 1.54) is 12.1 Å². The SMILES string of the molecule is Fc1cccc(Oc2ccc(CNc3cc(N4CCOCC4)ncn3)cn2)c1. The highest BCUT2D eigenvalue weighted by Gasteiger charge is 2.13. The number of nitrogens with zero attached hydrogens (tertiary/aromatic N) is 4. The minimum atomic E-state index is -0.348. The second kappa shape index (κ2) is 8.62. The molecule has 144 valence electrons. The number of halogens is 1. The predicted octanol–water partition coefficient (Wildman–Crippen LogP) is 3.25. The number of hydrogen-bond donors (Lipinski definition) is 1. The van der Waals surface area contributed by atoms with Gasteiger partial charge in [0.05, 0.1) is 13.2 Å². The Morgan fingerprint density at radius 2 is 1.96 bits per heavy atom. The van der Waals surface area contributed by atoms with Crippen molar-refractivity contribution in [2.24, 2.45) is 0 Å². The van der Waals surface area contributed by atoms with Crippen LogP contribution in [0, 0.1) is 5.82 Å². The fraction of sp³-hybridized carbons (Fsp3) is 0.250. The molecular weight excluding hydrogens is 361 g/mol. The van der Waals surface area contributed by atoms with Crippen LogP contribution in [0.15, 0.2) is 55.0 Å². The molecule has 0 amide bonds. The van der Waals surface area contributed by atoms with Crippen LogP contribution in [0.1, 0.15) is 5.56 Å². The van der Waals surface area contributed by atoms with E-state index < -0.39 is 0 Å². The van der Waals surface area contributed by atoms with Crippen molar-refractivity contribution in [1.29, 1.82) is 0 Å². The number of anilines is 2. The molecular formula is C20H20FN5O2. The molecule has 1 aliphatic heterocycles. The molecule has 0 unspecified atom stereocenters. The molecule has 7 nitrogen and oxygen atoms in total. The molecule has 1 fully saturated rings.